The number of hydrogen-bond donors (Lipinski definition) is 4. The first kappa shape index (κ1) is 40.7. The Morgan fingerprint density at radius 3 is 2.21 bits per heavy atom. The number of hydrogen-bond acceptors (Lipinski definition) is 7. The minimum atomic E-state index is -3.83. The van der Waals surface area contributed by atoms with Gasteiger partial charge in [0.1, 0.15) is 12.1 Å². The Balaban J connectivity index is 2.26. The Bertz CT molecular complexity index is 1210. The number of amides is 2. The monoisotopic (exact) mass is 676 g/mol. The summed E-state index contributed by atoms with van der Waals surface area (Å²) in [5, 5.41) is 27.6. The maximum absolute atomic E-state index is 13.8. The van der Waals surface area contributed by atoms with Gasteiger partial charge in [-0.05, 0) is 49.8 Å². The maximum Gasteiger partial charge on any atom is 0.243 e. The molecule has 1 aromatic carbocycles. The number of benzene rings is 1. The summed E-state index contributed by atoms with van der Waals surface area (Å²) < 4.78 is 28.3. The van der Waals surface area contributed by atoms with Gasteiger partial charge in [-0.25, -0.2) is 12.7 Å². The molecule has 1 aromatic rings. The van der Waals surface area contributed by atoms with Gasteiger partial charge in [-0.15, -0.1) is 12.3 Å². The third-order valence-corrected chi connectivity index (χ3v) is 11.3. The van der Waals surface area contributed by atoms with Gasteiger partial charge in [0.25, 0.3) is 0 Å². The fourth-order valence-corrected chi connectivity index (χ4v) is 7.72. The number of nitrogens with one attached hydrogen (secondary N) is 2. The zero-order valence-corrected chi connectivity index (χ0v) is 30.1. The van der Waals surface area contributed by atoms with Crippen LogP contribution in [-0.4, -0.2) is 103 Å². The van der Waals surface area contributed by atoms with Crippen LogP contribution in [0.1, 0.15) is 84.6 Å². The van der Waals surface area contributed by atoms with Gasteiger partial charge >= 0.3 is 0 Å². The van der Waals surface area contributed by atoms with Crippen LogP contribution in [0.4, 0.5) is 0 Å². The van der Waals surface area contributed by atoms with Crippen LogP contribution in [-0.2, 0) is 26.0 Å². The van der Waals surface area contributed by atoms with Crippen molar-refractivity contribution in [2.45, 2.75) is 110 Å². The van der Waals surface area contributed by atoms with E-state index in [2.05, 4.69) is 21.5 Å². The van der Waals surface area contributed by atoms with Crippen LogP contribution < -0.4 is 10.6 Å². The number of sulfonamides is 1. The lowest BCUT2D eigenvalue weighted by molar-refractivity contribution is -0.132. The molecule has 0 spiro atoms. The highest BCUT2D eigenvalue weighted by Gasteiger charge is 2.35. The van der Waals surface area contributed by atoms with Gasteiger partial charge in [0.05, 0.1) is 23.8 Å². The van der Waals surface area contributed by atoms with Crippen molar-refractivity contribution >= 4 is 21.8 Å². The van der Waals surface area contributed by atoms with E-state index in [0.29, 0.717) is 31.8 Å². The average molecular weight is 677 g/mol. The topological polar surface area (TPSA) is 139 Å². The number of aliphatic hydroxyl groups is 2. The van der Waals surface area contributed by atoms with Crippen LogP contribution in [0.5, 0.6) is 0 Å². The van der Waals surface area contributed by atoms with Gasteiger partial charge in [0.15, 0.2) is 0 Å². The molecule has 0 saturated heterocycles. The van der Waals surface area contributed by atoms with E-state index in [-0.39, 0.29) is 18.8 Å². The van der Waals surface area contributed by atoms with E-state index in [4.69, 9.17) is 6.42 Å². The molecule has 11 heteroatoms. The fourth-order valence-electron chi connectivity index (χ4n) is 6.32. The molecular formula is C36H60N4O6S. The summed E-state index contributed by atoms with van der Waals surface area (Å²) in [5.74, 6) is 0.339. The minimum Gasteiger partial charge on any atom is -0.390 e. The van der Waals surface area contributed by atoms with Crippen molar-refractivity contribution in [1.29, 1.82) is 0 Å². The molecule has 0 aromatic heterocycles. The van der Waals surface area contributed by atoms with E-state index < -0.39 is 57.8 Å². The molecular weight excluding hydrogens is 616 g/mol. The molecule has 2 rings (SSSR count). The number of nitrogens with zero attached hydrogens (tertiary/aromatic N) is 2. The summed E-state index contributed by atoms with van der Waals surface area (Å²) >= 11 is 0. The molecule has 47 heavy (non-hydrogen) atoms. The van der Waals surface area contributed by atoms with Gasteiger partial charge in [-0.1, -0.05) is 90.1 Å². The number of carbonyl (C=O) groups excluding carboxylic acids is 2. The summed E-state index contributed by atoms with van der Waals surface area (Å²) in [6.07, 6.45) is 9.65. The molecule has 266 valence electrons. The largest absolute Gasteiger partial charge is 0.390 e. The third kappa shape index (κ3) is 14.3. The molecule has 2 amide bonds. The summed E-state index contributed by atoms with van der Waals surface area (Å²) in [5.41, 5.74) is 0.793. The first-order valence-corrected chi connectivity index (χ1v) is 19.0. The van der Waals surface area contributed by atoms with Crippen LogP contribution in [0.3, 0.4) is 0 Å². The number of likely N-dealkylation sites (N-methyl/N-ethyl adjacent to an activating group) is 2. The van der Waals surface area contributed by atoms with Gasteiger partial charge < -0.3 is 25.7 Å². The smallest absolute Gasteiger partial charge is 0.243 e. The Kier molecular flexibility index (Phi) is 18.0. The lowest BCUT2D eigenvalue weighted by Crippen LogP contribution is -2.56. The highest BCUT2D eigenvalue weighted by Crippen LogP contribution is 2.29. The predicted octanol–water partition coefficient (Wildman–Crippen LogP) is 3.18. The zero-order chi connectivity index (χ0) is 35.0. The van der Waals surface area contributed by atoms with Crippen molar-refractivity contribution in [3.05, 3.63) is 35.9 Å². The van der Waals surface area contributed by atoms with E-state index in [1.54, 1.807) is 0 Å². The number of rotatable bonds is 21. The highest BCUT2D eigenvalue weighted by molar-refractivity contribution is 7.89. The van der Waals surface area contributed by atoms with Crippen molar-refractivity contribution in [1.82, 2.24) is 19.8 Å². The normalized spacial score (nSPS) is 17.6. The molecule has 1 fully saturated rings. The van der Waals surface area contributed by atoms with Crippen molar-refractivity contribution in [3.8, 4) is 12.3 Å². The molecule has 0 heterocycles. The van der Waals surface area contributed by atoms with Crippen molar-refractivity contribution < 1.29 is 28.2 Å². The first-order chi connectivity index (χ1) is 22.3. The second kappa shape index (κ2) is 20.8. The second-order valence-corrected chi connectivity index (χ2v) is 15.6. The molecule has 0 radical (unpaired) electrons. The first-order valence-electron chi connectivity index (χ1n) is 17.4. The second-order valence-electron chi connectivity index (χ2n) is 13.5. The quantitative estimate of drug-likeness (QED) is 0.147. The summed E-state index contributed by atoms with van der Waals surface area (Å²) in [6, 6.07) is 7.31. The van der Waals surface area contributed by atoms with Crippen LogP contribution in [0.15, 0.2) is 30.3 Å². The third-order valence-electron chi connectivity index (χ3n) is 9.32. The SMILES string of the molecule is C#CC[C@H](NC(=O)[C@@H](Cc1ccccc1)CS(=O)(=O)N(C)CCN(CC)CC)C(=O)N[C@@H](CC1CCCCC1)[C@@H](O)[C@@H](O)CC(C)C. The van der Waals surface area contributed by atoms with E-state index >= 15 is 0 Å². The molecule has 1 saturated carbocycles. The summed E-state index contributed by atoms with van der Waals surface area (Å²) in [7, 11) is -2.30. The van der Waals surface area contributed by atoms with Crippen LogP contribution >= 0.6 is 0 Å². The van der Waals surface area contributed by atoms with Crippen molar-refractivity contribution in [2.24, 2.45) is 17.8 Å². The molecule has 1 aliphatic rings. The molecule has 4 N–H and O–H groups in total. The van der Waals surface area contributed by atoms with Crippen LogP contribution in [0.25, 0.3) is 0 Å². The van der Waals surface area contributed by atoms with E-state index in [1.807, 2.05) is 58.0 Å². The van der Waals surface area contributed by atoms with Crippen molar-refractivity contribution in [3.63, 3.8) is 0 Å². The standard InChI is InChI=1S/C36H60N4O6S/c1-7-16-31(36(44)38-32(25-29-19-14-11-15-20-29)34(42)33(41)23-27(4)5)37-35(43)30(24-28-17-12-10-13-18-28)26-47(45,46)39(6)21-22-40(8-2)9-3/h1,10,12-13,17-18,27,29-34,41-42H,8-9,11,14-16,19-26H2,2-6H3,(H,37,43)(H,38,44)/t30-,31-,32-,33-,34+/m0/s1. The van der Waals surface area contributed by atoms with Gasteiger partial charge in [0, 0.05) is 26.6 Å². The molecule has 5 atom stereocenters. The number of aliphatic hydroxyl groups excluding tert-OH is 2. The van der Waals surface area contributed by atoms with Gasteiger partial charge in [0.2, 0.25) is 21.8 Å². The van der Waals surface area contributed by atoms with Crippen LogP contribution in [0.2, 0.25) is 0 Å². The van der Waals surface area contributed by atoms with E-state index in [0.717, 1.165) is 50.8 Å². The number of terminal acetylenes is 1. The molecule has 0 unspecified atom stereocenters. The molecule has 0 aliphatic heterocycles. The van der Waals surface area contributed by atoms with Crippen LogP contribution in [0, 0.1) is 30.1 Å². The molecule has 0 bridgehead atoms. The molecule has 10 nitrogen and oxygen atoms in total. The highest BCUT2D eigenvalue weighted by atomic mass is 32.2. The van der Waals surface area contributed by atoms with Gasteiger partial charge in [-0.3, -0.25) is 9.59 Å². The fraction of sp³-hybridized carbons (Fsp3) is 0.722. The maximum atomic E-state index is 13.8. The average Bonchev–Trinajstić information content (AvgIpc) is 3.04. The summed E-state index contributed by atoms with van der Waals surface area (Å²) in [4.78, 5) is 29.7. The Morgan fingerprint density at radius 2 is 1.64 bits per heavy atom. The zero-order valence-electron chi connectivity index (χ0n) is 29.2. The van der Waals surface area contributed by atoms with E-state index in [1.165, 1.54) is 11.4 Å². The Hall–Kier alpha value is -2.49. The van der Waals surface area contributed by atoms with E-state index in [9.17, 15) is 28.2 Å². The van der Waals surface area contributed by atoms with Crippen molar-refractivity contribution in [2.75, 3.05) is 39.0 Å². The lowest BCUT2D eigenvalue weighted by Gasteiger charge is -2.33. The Morgan fingerprint density at radius 1 is 1.00 bits per heavy atom. The molecule has 1 aliphatic carbocycles. The number of carbonyl (C=O) groups is 2. The summed E-state index contributed by atoms with van der Waals surface area (Å²) in [6.45, 7) is 10.4. The van der Waals surface area contributed by atoms with Gasteiger partial charge in [-0.2, -0.15) is 0 Å². The minimum absolute atomic E-state index is 0.118. The predicted molar refractivity (Wildman–Crippen MR) is 188 cm³/mol. The Labute approximate surface area is 284 Å². The lowest BCUT2D eigenvalue weighted by atomic mass is 9.82.